The highest BCUT2D eigenvalue weighted by Crippen LogP contribution is 2.18. The van der Waals surface area contributed by atoms with E-state index in [1.807, 2.05) is 54.4 Å². The SMILES string of the molecule is CN(CC(=O)N[C@@H]1COCC[C@@H]1Oc1ccccc1)Cc1ccncc1. The first-order chi connectivity index (χ1) is 12.7. The fraction of sp³-hybridized carbons (Fsp3) is 0.400. The highest BCUT2D eigenvalue weighted by molar-refractivity contribution is 5.78. The summed E-state index contributed by atoms with van der Waals surface area (Å²) in [6, 6.07) is 13.4. The Labute approximate surface area is 154 Å². The van der Waals surface area contributed by atoms with Crippen molar-refractivity contribution >= 4 is 5.91 Å². The number of ether oxygens (including phenoxy) is 2. The number of hydrogen-bond acceptors (Lipinski definition) is 5. The maximum atomic E-state index is 12.4. The van der Waals surface area contributed by atoms with Crippen LogP contribution in [0.25, 0.3) is 0 Å². The van der Waals surface area contributed by atoms with E-state index in [4.69, 9.17) is 9.47 Å². The molecule has 1 aromatic heterocycles. The van der Waals surface area contributed by atoms with E-state index in [1.54, 1.807) is 12.4 Å². The lowest BCUT2D eigenvalue weighted by molar-refractivity contribution is -0.125. The van der Waals surface area contributed by atoms with Gasteiger partial charge >= 0.3 is 0 Å². The maximum Gasteiger partial charge on any atom is 0.234 e. The van der Waals surface area contributed by atoms with Gasteiger partial charge < -0.3 is 14.8 Å². The van der Waals surface area contributed by atoms with Crippen LogP contribution < -0.4 is 10.1 Å². The molecule has 1 aliphatic heterocycles. The van der Waals surface area contributed by atoms with Crippen molar-refractivity contribution < 1.29 is 14.3 Å². The van der Waals surface area contributed by atoms with Crippen LogP contribution in [0.2, 0.25) is 0 Å². The fourth-order valence-corrected chi connectivity index (χ4v) is 3.02. The van der Waals surface area contributed by atoms with E-state index in [0.717, 1.165) is 17.7 Å². The van der Waals surface area contributed by atoms with Crippen molar-refractivity contribution in [2.75, 3.05) is 26.8 Å². The first-order valence-corrected chi connectivity index (χ1v) is 8.87. The van der Waals surface area contributed by atoms with Gasteiger partial charge in [0.25, 0.3) is 0 Å². The lowest BCUT2D eigenvalue weighted by Crippen LogP contribution is -2.53. The van der Waals surface area contributed by atoms with Crippen molar-refractivity contribution in [1.29, 1.82) is 0 Å². The molecule has 1 N–H and O–H groups in total. The Balaban J connectivity index is 1.51. The molecule has 2 aromatic rings. The lowest BCUT2D eigenvalue weighted by Gasteiger charge is -2.32. The zero-order valence-corrected chi connectivity index (χ0v) is 15.0. The van der Waals surface area contributed by atoms with Crippen LogP contribution >= 0.6 is 0 Å². The molecule has 1 amide bonds. The number of para-hydroxylation sites is 1. The number of hydrogen-bond donors (Lipinski definition) is 1. The molecule has 1 fully saturated rings. The Morgan fingerprint density at radius 2 is 2.04 bits per heavy atom. The number of amides is 1. The van der Waals surface area contributed by atoms with E-state index in [-0.39, 0.29) is 18.1 Å². The highest BCUT2D eigenvalue weighted by Gasteiger charge is 2.29. The lowest BCUT2D eigenvalue weighted by atomic mass is 10.1. The van der Waals surface area contributed by atoms with Gasteiger partial charge in [-0.05, 0) is 36.9 Å². The molecule has 1 aliphatic rings. The third-order valence-corrected chi connectivity index (χ3v) is 4.29. The van der Waals surface area contributed by atoms with Gasteiger partial charge in [-0.25, -0.2) is 0 Å². The molecule has 0 radical (unpaired) electrons. The summed E-state index contributed by atoms with van der Waals surface area (Å²) in [6.07, 6.45) is 4.19. The van der Waals surface area contributed by atoms with E-state index < -0.39 is 0 Å². The number of benzene rings is 1. The number of pyridine rings is 1. The Bertz CT molecular complexity index is 681. The normalized spacial score (nSPS) is 19.9. The van der Waals surface area contributed by atoms with Crippen molar-refractivity contribution in [3.8, 4) is 5.75 Å². The molecule has 3 rings (SSSR count). The summed E-state index contributed by atoms with van der Waals surface area (Å²) in [6.45, 7) is 2.13. The molecular weight excluding hydrogens is 330 g/mol. The van der Waals surface area contributed by atoms with Crippen molar-refractivity contribution in [2.45, 2.75) is 25.1 Å². The average Bonchev–Trinajstić information content (AvgIpc) is 2.65. The third kappa shape index (κ3) is 5.54. The van der Waals surface area contributed by atoms with Crippen LogP contribution in [0.3, 0.4) is 0 Å². The van der Waals surface area contributed by atoms with E-state index >= 15 is 0 Å². The van der Waals surface area contributed by atoms with Gasteiger partial charge in [0, 0.05) is 25.4 Å². The fourth-order valence-electron chi connectivity index (χ4n) is 3.02. The zero-order valence-electron chi connectivity index (χ0n) is 15.0. The smallest absolute Gasteiger partial charge is 0.234 e. The minimum absolute atomic E-state index is 0.0290. The first-order valence-electron chi connectivity index (χ1n) is 8.87. The van der Waals surface area contributed by atoms with Crippen molar-refractivity contribution in [3.63, 3.8) is 0 Å². The molecule has 0 bridgehead atoms. The number of nitrogens with one attached hydrogen (secondary N) is 1. The second kappa shape index (κ2) is 9.31. The molecule has 6 heteroatoms. The largest absolute Gasteiger partial charge is 0.488 e. The number of aromatic nitrogens is 1. The summed E-state index contributed by atoms with van der Waals surface area (Å²) in [7, 11) is 1.93. The van der Waals surface area contributed by atoms with Crippen LogP contribution in [0.5, 0.6) is 5.75 Å². The number of nitrogens with zero attached hydrogens (tertiary/aromatic N) is 2. The van der Waals surface area contributed by atoms with Gasteiger partial charge in [-0.3, -0.25) is 14.7 Å². The van der Waals surface area contributed by atoms with E-state index in [2.05, 4.69) is 10.3 Å². The molecule has 0 saturated carbocycles. The van der Waals surface area contributed by atoms with Crippen LogP contribution in [0.15, 0.2) is 54.9 Å². The Hall–Kier alpha value is -2.44. The minimum Gasteiger partial charge on any atom is -0.488 e. The summed E-state index contributed by atoms with van der Waals surface area (Å²) in [4.78, 5) is 18.4. The van der Waals surface area contributed by atoms with Gasteiger partial charge in [-0.1, -0.05) is 18.2 Å². The average molecular weight is 355 g/mol. The Morgan fingerprint density at radius 3 is 2.81 bits per heavy atom. The molecule has 0 spiro atoms. The Kier molecular flexibility index (Phi) is 6.57. The molecule has 138 valence electrons. The molecule has 0 unspecified atom stereocenters. The zero-order chi connectivity index (χ0) is 18.2. The van der Waals surface area contributed by atoms with E-state index in [0.29, 0.717) is 26.3 Å². The molecule has 6 nitrogen and oxygen atoms in total. The third-order valence-electron chi connectivity index (χ3n) is 4.29. The molecule has 26 heavy (non-hydrogen) atoms. The molecule has 2 heterocycles. The van der Waals surface area contributed by atoms with Crippen molar-refractivity contribution in [1.82, 2.24) is 15.2 Å². The monoisotopic (exact) mass is 355 g/mol. The van der Waals surface area contributed by atoms with Crippen LogP contribution in [0, 0.1) is 0 Å². The number of rotatable bonds is 7. The minimum atomic E-state index is -0.147. The standard InChI is InChI=1S/C20H25N3O3/c1-23(13-16-7-10-21-11-8-16)14-20(24)22-18-15-25-12-9-19(18)26-17-5-3-2-4-6-17/h2-8,10-11,18-19H,9,12-15H2,1H3,(H,22,24)/t18-,19+/m1/s1. The van der Waals surface area contributed by atoms with Gasteiger partial charge in [0.05, 0.1) is 25.8 Å². The van der Waals surface area contributed by atoms with Crippen LogP contribution in [0.1, 0.15) is 12.0 Å². The highest BCUT2D eigenvalue weighted by atomic mass is 16.5. The number of carbonyl (C=O) groups is 1. The van der Waals surface area contributed by atoms with Gasteiger partial charge in [0.1, 0.15) is 11.9 Å². The molecule has 0 aliphatic carbocycles. The van der Waals surface area contributed by atoms with E-state index in [1.165, 1.54) is 0 Å². The maximum absolute atomic E-state index is 12.4. The summed E-state index contributed by atoms with van der Waals surface area (Å²) in [5.41, 5.74) is 1.13. The molecular formula is C20H25N3O3. The summed E-state index contributed by atoms with van der Waals surface area (Å²) < 4.78 is 11.6. The molecule has 1 saturated heterocycles. The van der Waals surface area contributed by atoms with Gasteiger partial charge in [0.2, 0.25) is 5.91 Å². The van der Waals surface area contributed by atoms with E-state index in [9.17, 15) is 4.79 Å². The first kappa shape index (κ1) is 18.4. The quantitative estimate of drug-likeness (QED) is 0.821. The molecule has 1 aromatic carbocycles. The predicted molar refractivity (Wildman–Crippen MR) is 98.8 cm³/mol. The number of likely N-dealkylation sites (N-methyl/N-ethyl adjacent to an activating group) is 1. The van der Waals surface area contributed by atoms with Gasteiger partial charge in [-0.15, -0.1) is 0 Å². The predicted octanol–water partition coefficient (Wildman–Crippen LogP) is 1.87. The Morgan fingerprint density at radius 1 is 1.27 bits per heavy atom. The van der Waals surface area contributed by atoms with Gasteiger partial charge in [-0.2, -0.15) is 0 Å². The second-order valence-electron chi connectivity index (χ2n) is 6.53. The van der Waals surface area contributed by atoms with Crippen LogP contribution in [-0.4, -0.2) is 54.7 Å². The van der Waals surface area contributed by atoms with Gasteiger partial charge in [0.15, 0.2) is 0 Å². The van der Waals surface area contributed by atoms with Crippen molar-refractivity contribution in [2.24, 2.45) is 0 Å². The summed E-state index contributed by atoms with van der Waals surface area (Å²) in [5, 5.41) is 3.06. The summed E-state index contributed by atoms with van der Waals surface area (Å²) >= 11 is 0. The van der Waals surface area contributed by atoms with Crippen LogP contribution in [0.4, 0.5) is 0 Å². The van der Waals surface area contributed by atoms with Crippen molar-refractivity contribution in [3.05, 3.63) is 60.4 Å². The number of carbonyl (C=O) groups excluding carboxylic acids is 1. The van der Waals surface area contributed by atoms with Crippen LogP contribution in [-0.2, 0) is 16.1 Å². The topological polar surface area (TPSA) is 63.7 Å². The molecule has 2 atom stereocenters. The summed E-state index contributed by atoms with van der Waals surface area (Å²) in [5.74, 6) is 0.784. The second-order valence-corrected chi connectivity index (χ2v) is 6.53.